The molecule has 7 heteroatoms. The molecule has 0 unspecified atom stereocenters. The van der Waals surface area contributed by atoms with E-state index >= 15 is 0 Å². The molecule has 0 saturated carbocycles. The second kappa shape index (κ2) is 8.94. The number of nitrogens with one attached hydrogen (secondary N) is 1. The highest BCUT2D eigenvalue weighted by Gasteiger charge is 2.23. The van der Waals surface area contributed by atoms with Gasteiger partial charge in [0.05, 0.1) is 17.6 Å². The van der Waals surface area contributed by atoms with Crippen LogP contribution in [-0.2, 0) is 19.3 Å². The Morgan fingerprint density at radius 2 is 1.81 bits per heavy atom. The number of amides is 1. The van der Waals surface area contributed by atoms with Gasteiger partial charge >= 0.3 is 0 Å². The number of hydrogen-bond donors (Lipinski definition) is 1. The number of carbonyl (C=O) groups excluding carboxylic acids is 1. The summed E-state index contributed by atoms with van der Waals surface area (Å²) in [5, 5.41) is 7.01. The second-order valence-corrected chi connectivity index (χ2v) is 8.53. The third-order valence-electron chi connectivity index (χ3n) is 6.51. The zero-order chi connectivity index (χ0) is 21.9. The van der Waals surface area contributed by atoms with Crippen molar-refractivity contribution >= 4 is 11.6 Å². The Labute approximate surface area is 187 Å². The van der Waals surface area contributed by atoms with E-state index < -0.39 is 0 Å². The average molecular weight is 430 g/mol. The number of aromatic nitrogens is 3. The molecule has 32 heavy (non-hydrogen) atoms. The van der Waals surface area contributed by atoms with Gasteiger partial charge in [-0.2, -0.15) is 5.10 Å². The third kappa shape index (κ3) is 4.15. The Balaban J connectivity index is 1.29. The van der Waals surface area contributed by atoms with E-state index in [0.29, 0.717) is 25.1 Å². The van der Waals surface area contributed by atoms with Crippen LogP contribution in [0.5, 0.6) is 0 Å². The molecular formula is C25H27N5O2. The molecule has 1 aromatic carbocycles. The summed E-state index contributed by atoms with van der Waals surface area (Å²) in [6, 6.07) is 11.8. The van der Waals surface area contributed by atoms with E-state index in [-0.39, 0.29) is 11.5 Å². The summed E-state index contributed by atoms with van der Waals surface area (Å²) in [5.41, 5.74) is 5.70. The molecule has 3 aromatic rings. The van der Waals surface area contributed by atoms with Gasteiger partial charge < -0.3 is 9.80 Å². The summed E-state index contributed by atoms with van der Waals surface area (Å²) in [6.45, 7) is 2.97. The van der Waals surface area contributed by atoms with Crippen molar-refractivity contribution in [2.75, 3.05) is 31.1 Å². The lowest BCUT2D eigenvalue weighted by Crippen LogP contribution is -2.48. The van der Waals surface area contributed by atoms with Gasteiger partial charge in [-0.1, -0.05) is 12.1 Å². The Morgan fingerprint density at radius 3 is 2.59 bits per heavy atom. The molecule has 1 amide bonds. The molecule has 164 valence electrons. The quantitative estimate of drug-likeness (QED) is 0.689. The number of nitrogens with zero attached hydrogens (tertiary/aromatic N) is 4. The largest absolute Gasteiger partial charge is 0.367 e. The van der Waals surface area contributed by atoms with E-state index in [1.165, 1.54) is 0 Å². The summed E-state index contributed by atoms with van der Waals surface area (Å²) in [7, 11) is 0. The number of aromatic amines is 1. The predicted octanol–water partition coefficient (Wildman–Crippen LogP) is 2.60. The zero-order valence-corrected chi connectivity index (χ0v) is 18.1. The number of anilines is 1. The van der Waals surface area contributed by atoms with Crippen LogP contribution in [0.25, 0.3) is 0 Å². The van der Waals surface area contributed by atoms with Crippen LogP contribution in [0.4, 0.5) is 5.69 Å². The molecule has 1 saturated heterocycles. The lowest BCUT2D eigenvalue weighted by atomic mass is 9.90. The molecule has 2 aliphatic rings. The third-order valence-corrected chi connectivity index (χ3v) is 6.51. The molecule has 1 aliphatic heterocycles. The molecule has 2 aromatic heterocycles. The maximum atomic E-state index is 13.2. The fraction of sp³-hybridized carbons (Fsp3) is 0.360. The van der Waals surface area contributed by atoms with Gasteiger partial charge in [-0.25, -0.2) is 5.10 Å². The first-order valence-electron chi connectivity index (χ1n) is 11.3. The number of fused-ring (bicyclic) bond motifs is 1. The number of piperazine rings is 1. The first-order chi connectivity index (χ1) is 15.7. The Bertz CT molecular complexity index is 1170. The number of carbonyl (C=O) groups is 1. The van der Waals surface area contributed by atoms with Crippen molar-refractivity contribution in [3.8, 4) is 0 Å². The highest BCUT2D eigenvalue weighted by molar-refractivity contribution is 5.94. The normalized spacial score (nSPS) is 16.0. The minimum atomic E-state index is -0.0576. The SMILES string of the molecule is O=C(c1cccc(Cc2n[nH]c(=O)c3c2CCCC3)c1)N1CCN(c2cccnc2)CC1. The van der Waals surface area contributed by atoms with Gasteiger partial charge in [-0.05, 0) is 61.1 Å². The number of pyridine rings is 1. The molecule has 0 spiro atoms. The van der Waals surface area contributed by atoms with Crippen LogP contribution in [0.1, 0.15) is 45.6 Å². The van der Waals surface area contributed by atoms with Gasteiger partial charge in [0.15, 0.2) is 0 Å². The van der Waals surface area contributed by atoms with Crippen LogP contribution in [-0.4, -0.2) is 52.2 Å². The highest BCUT2D eigenvalue weighted by Crippen LogP contribution is 2.23. The number of hydrogen-bond acceptors (Lipinski definition) is 5. The maximum Gasteiger partial charge on any atom is 0.267 e. The smallest absolute Gasteiger partial charge is 0.267 e. The van der Waals surface area contributed by atoms with E-state index in [1.54, 1.807) is 6.20 Å². The van der Waals surface area contributed by atoms with E-state index in [4.69, 9.17) is 0 Å². The molecule has 3 heterocycles. The molecule has 0 bridgehead atoms. The summed E-state index contributed by atoms with van der Waals surface area (Å²) in [5.74, 6) is 0.0640. The topological polar surface area (TPSA) is 82.2 Å². The van der Waals surface area contributed by atoms with Crippen LogP contribution < -0.4 is 10.5 Å². The van der Waals surface area contributed by atoms with Gasteiger partial charge in [-0.15, -0.1) is 0 Å². The first-order valence-corrected chi connectivity index (χ1v) is 11.3. The zero-order valence-electron chi connectivity index (χ0n) is 18.1. The van der Waals surface area contributed by atoms with Crippen molar-refractivity contribution in [3.63, 3.8) is 0 Å². The average Bonchev–Trinajstić information content (AvgIpc) is 2.86. The van der Waals surface area contributed by atoms with E-state index in [1.807, 2.05) is 41.4 Å². The van der Waals surface area contributed by atoms with Crippen LogP contribution in [0.3, 0.4) is 0 Å². The molecule has 1 N–H and O–H groups in total. The number of benzene rings is 1. The minimum Gasteiger partial charge on any atom is -0.367 e. The summed E-state index contributed by atoms with van der Waals surface area (Å²) in [4.78, 5) is 33.7. The van der Waals surface area contributed by atoms with Crippen molar-refractivity contribution in [2.45, 2.75) is 32.1 Å². The van der Waals surface area contributed by atoms with E-state index in [2.05, 4.69) is 26.1 Å². The molecule has 5 rings (SSSR count). The first kappa shape index (κ1) is 20.4. The van der Waals surface area contributed by atoms with Crippen molar-refractivity contribution in [3.05, 3.63) is 87.1 Å². The van der Waals surface area contributed by atoms with Gasteiger partial charge in [0.25, 0.3) is 11.5 Å². The fourth-order valence-electron chi connectivity index (χ4n) is 4.77. The summed E-state index contributed by atoms with van der Waals surface area (Å²) < 4.78 is 0. The Kier molecular flexibility index (Phi) is 5.71. The van der Waals surface area contributed by atoms with Crippen LogP contribution >= 0.6 is 0 Å². The van der Waals surface area contributed by atoms with Crippen LogP contribution in [0, 0.1) is 0 Å². The number of rotatable bonds is 4. The Morgan fingerprint density at radius 1 is 1.00 bits per heavy atom. The lowest BCUT2D eigenvalue weighted by Gasteiger charge is -2.36. The van der Waals surface area contributed by atoms with Crippen molar-refractivity contribution in [1.82, 2.24) is 20.1 Å². The van der Waals surface area contributed by atoms with Crippen molar-refractivity contribution in [1.29, 1.82) is 0 Å². The molecule has 7 nitrogen and oxygen atoms in total. The summed E-state index contributed by atoms with van der Waals surface area (Å²) in [6.07, 6.45) is 8.13. The van der Waals surface area contributed by atoms with Gasteiger partial charge in [0.2, 0.25) is 0 Å². The monoisotopic (exact) mass is 429 g/mol. The highest BCUT2D eigenvalue weighted by atomic mass is 16.2. The number of H-pyrrole nitrogens is 1. The molecule has 0 radical (unpaired) electrons. The fourth-order valence-corrected chi connectivity index (χ4v) is 4.77. The van der Waals surface area contributed by atoms with E-state index in [9.17, 15) is 9.59 Å². The predicted molar refractivity (Wildman–Crippen MR) is 123 cm³/mol. The molecule has 1 fully saturated rings. The van der Waals surface area contributed by atoms with Crippen LogP contribution in [0.2, 0.25) is 0 Å². The van der Waals surface area contributed by atoms with Gasteiger partial charge in [-0.3, -0.25) is 14.6 Å². The van der Waals surface area contributed by atoms with Gasteiger partial charge in [0.1, 0.15) is 0 Å². The summed E-state index contributed by atoms with van der Waals surface area (Å²) >= 11 is 0. The van der Waals surface area contributed by atoms with Crippen LogP contribution in [0.15, 0.2) is 53.6 Å². The lowest BCUT2D eigenvalue weighted by molar-refractivity contribution is 0.0746. The molecule has 1 aliphatic carbocycles. The minimum absolute atomic E-state index is 0.0576. The Hall–Kier alpha value is -3.48. The standard InChI is InChI=1S/C25H27N5O2/c31-24-22-9-2-1-8-21(22)23(27-28-24)16-18-5-3-6-19(15-18)25(32)30-13-11-29(12-14-30)20-7-4-10-26-17-20/h3-7,10,15,17H,1-2,8-9,11-14,16H2,(H,28,31). The second-order valence-electron chi connectivity index (χ2n) is 8.53. The molecular weight excluding hydrogens is 402 g/mol. The molecule has 0 atom stereocenters. The van der Waals surface area contributed by atoms with Crippen molar-refractivity contribution < 1.29 is 4.79 Å². The maximum absolute atomic E-state index is 13.2. The van der Waals surface area contributed by atoms with Gasteiger partial charge in [0, 0.05) is 49.9 Å². The van der Waals surface area contributed by atoms with Crippen molar-refractivity contribution in [2.24, 2.45) is 0 Å². The van der Waals surface area contributed by atoms with E-state index in [0.717, 1.165) is 66.8 Å².